The average molecular weight is 351 g/mol. The molecule has 11 heteroatoms. The summed E-state index contributed by atoms with van der Waals surface area (Å²) in [6, 6.07) is 3.88. The molecule has 0 radical (unpaired) electrons. The maximum absolute atomic E-state index is 14.0. The first kappa shape index (κ1) is 16.1. The van der Waals surface area contributed by atoms with E-state index in [1.807, 2.05) is 0 Å². The molecule has 0 unspecified atom stereocenters. The third kappa shape index (κ3) is 2.85. The molecule has 3 aromatic rings. The smallest absolute Gasteiger partial charge is 0.279 e. The minimum atomic E-state index is -3.99. The lowest BCUT2D eigenvalue weighted by Crippen LogP contribution is -2.18. The zero-order valence-electron chi connectivity index (χ0n) is 12.9. The highest BCUT2D eigenvalue weighted by atomic mass is 32.2. The summed E-state index contributed by atoms with van der Waals surface area (Å²) in [6.45, 7) is 3.92. The molecule has 0 amide bonds. The Morgan fingerprint density at radius 3 is 2.79 bits per heavy atom. The molecule has 0 saturated heterocycles. The highest BCUT2D eigenvalue weighted by Gasteiger charge is 2.22. The van der Waals surface area contributed by atoms with Crippen LogP contribution in [0.5, 0.6) is 0 Å². The SMILES string of the molecule is CCn1c(S(=O)(=O)Nc2cc(-n3cnnn3)ccc2F)cnc1C. The summed E-state index contributed by atoms with van der Waals surface area (Å²) in [5.41, 5.74) is 0.212. The van der Waals surface area contributed by atoms with E-state index in [9.17, 15) is 12.8 Å². The quantitative estimate of drug-likeness (QED) is 0.738. The molecule has 0 aliphatic carbocycles. The molecular formula is C13H14FN7O2S. The van der Waals surface area contributed by atoms with Gasteiger partial charge in [-0.1, -0.05) is 0 Å². The normalized spacial score (nSPS) is 11.6. The van der Waals surface area contributed by atoms with Crippen molar-refractivity contribution in [2.45, 2.75) is 25.4 Å². The Balaban J connectivity index is 1.99. The van der Waals surface area contributed by atoms with Gasteiger partial charge in [-0.3, -0.25) is 4.72 Å². The molecule has 2 heterocycles. The van der Waals surface area contributed by atoms with E-state index in [1.54, 1.807) is 13.8 Å². The largest absolute Gasteiger partial charge is 0.318 e. The fourth-order valence-electron chi connectivity index (χ4n) is 2.26. The topological polar surface area (TPSA) is 108 Å². The molecule has 126 valence electrons. The van der Waals surface area contributed by atoms with E-state index >= 15 is 0 Å². The number of aromatic nitrogens is 6. The summed E-state index contributed by atoms with van der Waals surface area (Å²) < 4.78 is 44.2. The second-order valence-corrected chi connectivity index (χ2v) is 6.54. The maximum Gasteiger partial charge on any atom is 0.279 e. The van der Waals surface area contributed by atoms with Crippen molar-refractivity contribution in [2.75, 3.05) is 4.72 Å². The number of hydrogen-bond donors (Lipinski definition) is 1. The van der Waals surface area contributed by atoms with Crippen molar-refractivity contribution >= 4 is 15.7 Å². The van der Waals surface area contributed by atoms with Crippen LogP contribution in [0.4, 0.5) is 10.1 Å². The van der Waals surface area contributed by atoms with E-state index in [1.165, 1.54) is 33.9 Å². The standard InChI is InChI=1S/C13H14FN7O2S/c1-3-20-9(2)15-7-13(20)24(22,23)17-12-6-10(4-5-11(12)14)21-8-16-18-19-21/h4-8,17H,3H2,1-2H3. The molecule has 0 bridgehead atoms. The first-order valence-corrected chi connectivity index (χ1v) is 8.48. The van der Waals surface area contributed by atoms with Crippen molar-refractivity contribution in [1.29, 1.82) is 0 Å². The van der Waals surface area contributed by atoms with Gasteiger partial charge < -0.3 is 4.57 Å². The molecule has 0 spiro atoms. The van der Waals surface area contributed by atoms with E-state index in [2.05, 4.69) is 25.2 Å². The number of benzene rings is 1. The van der Waals surface area contributed by atoms with E-state index in [0.29, 0.717) is 18.1 Å². The Labute approximate surface area is 137 Å². The number of nitrogens with one attached hydrogen (secondary N) is 1. The molecule has 3 rings (SSSR count). The van der Waals surface area contributed by atoms with Gasteiger partial charge in [0.25, 0.3) is 10.0 Å². The van der Waals surface area contributed by atoms with Crippen LogP contribution in [-0.4, -0.2) is 38.2 Å². The molecule has 0 aliphatic heterocycles. The number of aryl methyl sites for hydroxylation is 1. The fraction of sp³-hybridized carbons (Fsp3) is 0.231. The molecule has 2 aromatic heterocycles. The predicted molar refractivity (Wildman–Crippen MR) is 82.6 cm³/mol. The van der Waals surface area contributed by atoms with Gasteiger partial charge in [-0.25, -0.2) is 14.1 Å². The van der Waals surface area contributed by atoms with Gasteiger partial charge in [0, 0.05) is 6.54 Å². The Morgan fingerprint density at radius 2 is 2.12 bits per heavy atom. The van der Waals surface area contributed by atoms with Crippen molar-refractivity contribution < 1.29 is 12.8 Å². The molecule has 0 atom stereocenters. The van der Waals surface area contributed by atoms with Crippen LogP contribution in [0.2, 0.25) is 0 Å². The number of rotatable bonds is 5. The first-order chi connectivity index (χ1) is 11.4. The summed E-state index contributed by atoms with van der Waals surface area (Å²) in [5, 5.41) is 10.6. The Kier molecular flexibility index (Phi) is 4.01. The summed E-state index contributed by atoms with van der Waals surface area (Å²) >= 11 is 0. The van der Waals surface area contributed by atoms with Crippen LogP contribution in [0.15, 0.2) is 35.7 Å². The van der Waals surface area contributed by atoms with Crippen LogP contribution in [0, 0.1) is 12.7 Å². The van der Waals surface area contributed by atoms with Crippen LogP contribution in [0.3, 0.4) is 0 Å². The zero-order valence-corrected chi connectivity index (χ0v) is 13.7. The van der Waals surface area contributed by atoms with Crippen molar-refractivity contribution in [3.05, 3.63) is 42.4 Å². The molecule has 1 aromatic carbocycles. The van der Waals surface area contributed by atoms with Crippen LogP contribution >= 0.6 is 0 Å². The number of imidazole rings is 1. The van der Waals surface area contributed by atoms with E-state index < -0.39 is 15.8 Å². The molecule has 0 saturated carbocycles. The third-order valence-corrected chi connectivity index (χ3v) is 4.78. The summed E-state index contributed by atoms with van der Waals surface area (Å²) in [4.78, 5) is 4.00. The molecule has 9 nitrogen and oxygen atoms in total. The molecule has 1 N–H and O–H groups in total. The predicted octanol–water partition coefficient (Wildman–Crippen LogP) is 1.13. The van der Waals surface area contributed by atoms with Crippen LogP contribution in [0.25, 0.3) is 5.69 Å². The van der Waals surface area contributed by atoms with Crippen molar-refractivity contribution in [1.82, 2.24) is 29.8 Å². The highest BCUT2D eigenvalue weighted by molar-refractivity contribution is 7.92. The van der Waals surface area contributed by atoms with E-state index in [-0.39, 0.29) is 10.7 Å². The molecule has 24 heavy (non-hydrogen) atoms. The fourth-order valence-corrected chi connectivity index (χ4v) is 3.55. The summed E-state index contributed by atoms with van der Waals surface area (Å²) in [5.74, 6) is -0.157. The highest BCUT2D eigenvalue weighted by Crippen LogP contribution is 2.22. The lowest BCUT2D eigenvalue weighted by Gasteiger charge is -2.12. The minimum absolute atomic E-state index is 0.0327. The Morgan fingerprint density at radius 1 is 1.33 bits per heavy atom. The van der Waals surface area contributed by atoms with Crippen LogP contribution in [0.1, 0.15) is 12.7 Å². The monoisotopic (exact) mass is 351 g/mol. The van der Waals surface area contributed by atoms with E-state index in [4.69, 9.17) is 0 Å². The minimum Gasteiger partial charge on any atom is -0.318 e. The van der Waals surface area contributed by atoms with Gasteiger partial charge in [0.05, 0.1) is 17.6 Å². The number of tetrazole rings is 1. The van der Waals surface area contributed by atoms with Crippen molar-refractivity contribution in [3.8, 4) is 5.69 Å². The second kappa shape index (κ2) is 6.00. The van der Waals surface area contributed by atoms with Gasteiger partial charge in [-0.2, -0.15) is 8.42 Å². The van der Waals surface area contributed by atoms with Gasteiger partial charge in [-0.05, 0) is 42.5 Å². The number of hydrogen-bond acceptors (Lipinski definition) is 6. The van der Waals surface area contributed by atoms with E-state index in [0.717, 1.165) is 6.07 Å². The first-order valence-electron chi connectivity index (χ1n) is 7.00. The Hall–Kier alpha value is -2.82. The lowest BCUT2D eigenvalue weighted by atomic mass is 10.3. The third-order valence-electron chi connectivity index (χ3n) is 3.42. The van der Waals surface area contributed by atoms with Gasteiger partial charge in [0.15, 0.2) is 5.03 Å². The van der Waals surface area contributed by atoms with Crippen LogP contribution < -0.4 is 4.72 Å². The summed E-state index contributed by atoms with van der Waals surface area (Å²) in [7, 11) is -3.99. The van der Waals surface area contributed by atoms with Crippen LogP contribution in [-0.2, 0) is 16.6 Å². The Bertz CT molecular complexity index is 966. The van der Waals surface area contributed by atoms with Crippen molar-refractivity contribution in [2.24, 2.45) is 0 Å². The van der Waals surface area contributed by atoms with Crippen molar-refractivity contribution in [3.63, 3.8) is 0 Å². The molecule has 0 fully saturated rings. The summed E-state index contributed by atoms with van der Waals surface area (Å²) in [6.07, 6.45) is 2.56. The molecule has 0 aliphatic rings. The average Bonchev–Trinajstić information content (AvgIpc) is 3.18. The van der Waals surface area contributed by atoms with Gasteiger partial charge in [0.1, 0.15) is 18.0 Å². The second-order valence-electron chi connectivity index (χ2n) is 4.91. The van der Waals surface area contributed by atoms with Gasteiger partial charge in [-0.15, -0.1) is 5.10 Å². The maximum atomic E-state index is 14.0. The van der Waals surface area contributed by atoms with Gasteiger partial charge in [0.2, 0.25) is 0 Å². The number of halogens is 1. The number of sulfonamides is 1. The lowest BCUT2D eigenvalue weighted by molar-refractivity contribution is 0.578. The molecular weight excluding hydrogens is 337 g/mol. The van der Waals surface area contributed by atoms with Gasteiger partial charge >= 0.3 is 0 Å². The zero-order chi connectivity index (χ0) is 17.3. The number of anilines is 1. The number of nitrogens with zero attached hydrogens (tertiary/aromatic N) is 6.